The molecule has 0 heterocycles. The van der Waals surface area contributed by atoms with E-state index in [4.69, 9.17) is 14.2 Å². The molecule has 0 bridgehead atoms. The van der Waals surface area contributed by atoms with E-state index in [0.717, 1.165) is 89.9 Å². The first-order valence-electron chi connectivity index (χ1n) is 23.7. The highest BCUT2D eigenvalue weighted by Crippen LogP contribution is 2.15. The lowest BCUT2D eigenvalue weighted by Gasteiger charge is -2.18. The number of esters is 3. The van der Waals surface area contributed by atoms with E-state index >= 15 is 0 Å². The zero-order valence-corrected chi connectivity index (χ0v) is 36.9. The highest BCUT2D eigenvalue weighted by Gasteiger charge is 2.19. The van der Waals surface area contributed by atoms with Crippen molar-refractivity contribution in [3.05, 3.63) is 48.6 Å². The van der Waals surface area contributed by atoms with Gasteiger partial charge in [0.2, 0.25) is 0 Å². The van der Waals surface area contributed by atoms with Gasteiger partial charge in [0.1, 0.15) is 13.2 Å². The van der Waals surface area contributed by atoms with Crippen molar-refractivity contribution in [2.24, 2.45) is 0 Å². The van der Waals surface area contributed by atoms with Gasteiger partial charge in [0.25, 0.3) is 0 Å². The Morgan fingerprint density at radius 3 is 1.18 bits per heavy atom. The Morgan fingerprint density at radius 2 is 0.732 bits per heavy atom. The minimum Gasteiger partial charge on any atom is -0.462 e. The molecule has 0 fully saturated rings. The number of allylic oxidation sites excluding steroid dienone is 8. The van der Waals surface area contributed by atoms with Crippen LogP contribution in [0.4, 0.5) is 0 Å². The first kappa shape index (κ1) is 53.4. The van der Waals surface area contributed by atoms with Gasteiger partial charge in [0.15, 0.2) is 6.10 Å². The first-order chi connectivity index (χ1) is 27.5. The van der Waals surface area contributed by atoms with Gasteiger partial charge in [-0.1, -0.05) is 204 Å². The molecule has 0 saturated heterocycles. The molecule has 6 heteroatoms. The molecule has 6 nitrogen and oxygen atoms in total. The minimum absolute atomic E-state index is 0.0814. The molecule has 0 N–H and O–H groups in total. The highest BCUT2D eigenvalue weighted by atomic mass is 16.6. The summed E-state index contributed by atoms with van der Waals surface area (Å²) in [7, 11) is 0. The lowest BCUT2D eigenvalue weighted by Crippen LogP contribution is -2.30. The van der Waals surface area contributed by atoms with Crippen LogP contribution >= 0.6 is 0 Å². The number of ether oxygens (including phenoxy) is 3. The molecule has 1 unspecified atom stereocenters. The summed E-state index contributed by atoms with van der Waals surface area (Å²) < 4.78 is 16.7. The summed E-state index contributed by atoms with van der Waals surface area (Å²) in [5.74, 6) is -0.904. The average molecular weight is 785 g/mol. The van der Waals surface area contributed by atoms with Crippen molar-refractivity contribution in [3.8, 4) is 0 Å². The van der Waals surface area contributed by atoms with Gasteiger partial charge in [0, 0.05) is 19.3 Å². The van der Waals surface area contributed by atoms with Crippen LogP contribution in [0.15, 0.2) is 48.6 Å². The van der Waals surface area contributed by atoms with Crippen LogP contribution in [0.25, 0.3) is 0 Å². The predicted molar refractivity (Wildman–Crippen MR) is 238 cm³/mol. The maximum atomic E-state index is 12.7. The molecular formula is C50H88O6. The van der Waals surface area contributed by atoms with Crippen LogP contribution < -0.4 is 0 Å². The minimum atomic E-state index is -0.777. The van der Waals surface area contributed by atoms with Crippen molar-refractivity contribution in [3.63, 3.8) is 0 Å². The van der Waals surface area contributed by atoms with Crippen LogP contribution in [-0.2, 0) is 28.6 Å². The number of carbonyl (C=O) groups excluding carboxylic acids is 3. The van der Waals surface area contributed by atoms with Crippen LogP contribution in [0.2, 0.25) is 0 Å². The fraction of sp³-hybridized carbons (Fsp3) is 0.780. The smallest absolute Gasteiger partial charge is 0.306 e. The van der Waals surface area contributed by atoms with E-state index in [9.17, 15) is 14.4 Å². The van der Waals surface area contributed by atoms with E-state index in [-0.39, 0.29) is 31.1 Å². The number of hydrogen-bond donors (Lipinski definition) is 0. The third kappa shape index (κ3) is 42.5. The second-order valence-corrected chi connectivity index (χ2v) is 15.7. The average Bonchev–Trinajstić information content (AvgIpc) is 3.19. The zero-order chi connectivity index (χ0) is 40.8. The largest absolute Gasteiger partial charge is 0.462 e. The second kappa shape index (κ2) is 45.1. The number of unbranched alkanes of at least 4 members (excludes halogenated alkanes) is 25. The number of carbonyl (C=O) groups is 3. The molecule has 1 atom stereocenters. The topological polar surface area (TPSA) is 78.9 Å². The molecule has 0 spiro atoms. The van der Waals surface area contributed by atoms with Crippen LogP contribution in [-0.4, -0.2) is 37.2 Å². The molecule has 0 aliphatic rings. The van der Waals surface area contributed by atoms with Crippen molar-refractivity contribution in [1.29, 1.82) is 0 Å². The summed E-state index contributed by atoms with van der Waals surface area (Å²) in [5, 5.41) is 0. The van der Waals surface area contributed by atoms with Gasteiger partial charge < -0.3 is 14.2 Å². The monoisotopic (exact) mass is 785 g/mol. The summed E-state index contributed by atoms with van der Waals surface area (Å²) in [6.07, 6.45) is 52.3. The van der Waals surface area contributed by atoms with Gasteiger partial charge in [-0.2, -0.15) is 0 Å². The maximum Gasteiger partial charge on any atom is 0.306 e. The van der Waals surface area contributed by atoms with Crippen LogP contribution in [0.1, 0.15) is 233 Å². The predicted octanol–water partition coefficient (Wildman–Crippen LogP) is 15.1. The van der Waals surface area contributed by atoms with Crippen LogP contribution in [0.5, 0.6) is 0 Å². The molecule has 56 heavy (non-hydrogen) atoms. The van der Waals surface area contributed by atoms with E-state index in [1.807, 2.05) is 0 Å². The fourth-order valence-corrected chi connectivity index (χ4v) is 6.54. The Bertz CT molecular complexity index is 996. The molecule has 0 aromatic heterocycles. The fourth-order valence-electron chi connectivity index (χ4n) is 6.54. The quantitative estimate of drug-likeness (QED) is 0.0202. The third-order valence-electron chi connectivity index (χ3n) is 10.1. The van der Waals surface area contributed by atoms with Crippen LogP contribution in [0, 0.1) is 0 Å². The van der Waals surface area contributed by atoms with Gasteiger partial charge in [-0.25, -0.2) is 0 Å². The zero-order valence-electron chi connectivity index (χ0n) is 36.9. The molecule has 0 amide bonds. The summed E-state index contributed by atoms with van der Waals surface area (Å²) in [5.41, 5.74) is 0. The Morgan fingerprint density at radius 1 is 0.375 bits per heavy atom. The standard InChI is InChI=1S/C50H88O6/c1-4-7-10-13-16-19-22-24-25-27-28-31-34-37-40-43-49(52)55-46-47(45-54-48(51)42-39-36-33-30-21-18-15-12-9-6-3)56-50(53)44-41-38-35-32-29-26-23-20-17-14-11-8-5-2/h7,10,13,15-16,18-19,22,47H,4-6,8-9,11-12,14,17,20-21,23-46H2,1-3H3/b10-7-,16-13-,18-15-,22-19-. The second-order valence-electron chi connectivity index (χ2n) is 15.7. The van der Waals surface area contributed by atoms with Crippen molar-refractivity contribution >= 4 is 17.9 Å². The van der Waals surface area contributed by atoms with Crippen LogP contribution in [0.3, 0.4) is 0 Å². The molecule has 0 radical (unpaired) electrons. The van der Waals surface area contributed by atoms with E-state index in [0.29, 0.717) is 19.3 Å². The van der Waals surface area contributed by atoms with Gasteiger partial charge in [0.05, 0.1) is 0 Å². The molecule has 0 aromatic carbocycles. The maximum absolute atomic E-state index is 12.7. The van der Waals surface area contributed by atoms with Crippen molar-refractivity contribution in [2.75, 3.05) is 13.2 Å². The van der Waals surface area contributed by atoms with E-state index < -0.39 is 6.10 Å². The SMILES string of the molecule is CC\C=C/C=C\C=C/CCCCCCCCCC(=O)OCC(COC(=O)CCCCCC/C=C\CCCC)OC(=O)CCCCCCCCCCCCCCC. The van der Waals surface area contributed by atoms with Crippen molar-refractivity contribution in [1.82, 2.24) is 0 Å². The Kier molecular flexibility index (Phi) is 43.0. The van der Waals surface area contributed by atoms with Gasteiger partial charge in [-0.05, 0) is 57.8 Å². The van der Waals surface area contributed by atoms with Crippen molar-refractivity contribution in [2.45, 2.75) is 239 Å². The van der Waals surface area contributed by atoms with Gasteiger partial charge >= 0.3 is 17.9 Å². The summed E-state index contributed by atoms with van der Waals surface area (Å²) in [6.45, 7) is 6.44. The summed E-state index contributed by atoms with van der Waals surface area (Å²) in [4.78, 5) is 37.8. The summed E-state index contributed by atoms with van der Waals surface area (Å²) in [6, 6.07) is 0. The normalized spacial score (nSPS) is 12.4. The molecule has 0 aliphatic carbocycles. The molecule has 324 valence electrons. The lowest BCUT2D eigenvalue weighted by molar-refractivity contribution is -0.167. The van der Waals surface area contributed by atoms with Gasteiger partial charge in [-0.15, -0.1) is 0 Å². The van der Waals surface area contributed by atoms with E-state index in [1.165, 1.54) is 103 Å². The third-order valence-corrected chi connectivity index (χ3v) is 10.1. The molecule has 0 aliphatic heterocycles. The van der Waals surface area contributed by atoms with Gasteiger partial charge in [-0.3, -0.25) is 14.4 Å². The summed E-state index contributed by atoms with van der Waals surface area (Å²) >= 11 is 0. The Balaban J connectivity index is 4.37. The molecule has 0 aromatic rings. The Labute approximate surface area is 346 Å². The number of rotatable bonds is 42. The molecule has 0 saturated carbocycles. The number of hydrogen-bond acceptors (Lipinski definition) is 6. The highest BCUT2D eigenvalue weighted by molar-refractivity contribution is 5.71. The lowest BCUT2D eigenvalue weighted by atomic mass is 10.0. The van der Waals surface area contributed by atoms with E-state index in [2.05, 4.69) is 69.4 Å². The molecule has 0 rings (SSSR count). The Hall–Kier alpha value is -2.63. The van der Waals surface area contributed by atoms with Crippen molar-refractivity contribution < 1.29 is 28.6 Å². The first-order valence-corrected chi connectivity index (χ1v) is 23.7. The molecular weight excluding hydrogens is 697 g/mol. The van der Waals surface area contributed by atoms with E-state index in [1.54, 1.807) is 0 Å².